The predicted octanol–water partition coefficient (Wildman–Crippen LogP) is 5.45. The fraction of sp³-hybridized carbons (Fsp3) is 0.174. The molecule has 5 rings (SSSR count). The molecule has 156 valence electrons. The second-order valence-corrected chi connectivity index (χ2v) is 7.50. The molecule has 0 spiro atoms. The second kappa shape index (κ2) is 7.30. The van der Waals surface area contributed by atoms with Crippen LogP contribution < -0.4 is 4.90 Å². The van der Waals surface area contributed by atoms with E-state index in [-0.39, 0.29) is 17.2 Å². The predicted molar refractivity (Wildman–Crippen MR) is 109 cm³/mol. The highest BCUT2D eigenvalue weighted by molar-refractivity contribution is 5.82. The lowest BCUT2D eigenvalue weighted by Crippen LogP contribution is -2.45. The van der Waals surface area contributed by atoms with Crippen LogP contribution in [0.3, 0.4) is 0 Å². The number of aromatic nitrogens is 3. The van der Waals surface area contributed by atoms with E-state index in [4.69, 9.17) is 0 Å². The third-order valence-electron chi connectivity index (χ3n) is 5.43. The number of hydrogen-bond donors (Lipinski definition) is 0. The Morgan fingerprint density at radius 3 is 2.48 bits per heavy atom. The van der Waals surface area contributed by atoms with Crippen molar-refractivity contribution < 1.29 is 17.6 Å². The molecular formula is C23H16F4N4. The molecule has 3 heterocycles. The third-order valence-corrected chi connectivity index (χ3v) is 5.43. The smallest absolute Gasteiger partial charge is 0.369 e. The van der Waals surface area contributed by atoms with Gasteiger partial charge in [0.1, 0.15) is 5.82 Å². The number of rotatable bonds is 3. The van der Waals surface area contributed by atoms with Crippen molar-refractivity contribution in [2.75, 3.05) is 18.0 Å². The molecule has 4 aromatic rings. The van der Waals surface area contributed by atoms with E-state index in [0.717, 1.165) is 28.7 Å². The maximum Gasteiger partial charge on any atom is 0.416 e. The van der Waals surface area contributed by atoms with Gasteiger partial charge in [0.2, 0.25) is 0 Å². The van der Waals surface area contributed by atoms with Gasteiger partial charge in [-0.2, -0.15) is 13.2 Å². The fourth-order valence-corrected chi connectivity index (χ4v) is 3.85. The van der Waals surface area contributed by atoms with Crippen molar-refractivity contribution in [1.82, 2.24) is 15.0 Å². The zero-order valence-electron chi connectivity index (χ0n) is 16.1. The van der Waals surface area contributed by atoms with Crippen LogP contribution in [0.2, 0.25) is 0 Å². The molecule has 0 atom stereocenters. The summed E-state index contributed by atoms with van der Waals surface area (Å²) in [5.41, 5.74) is 1.73. The number of anilines is 1. The van der Waals surface area contributed by atoms with Crippen LogP contribution in [-0.4, -0.2) is 28.0 Å². The fourth-order valence-electron chi connectivity index (χ4n) is 3.85. The summed E-state index contributed by atoms with van der Waals surface area (Å²) in [5.74, 6) is -0.994. The Morgan fingerprint density at radius 1 is 0.903 bits per heavy atom. The molecule has 1 aliphatic heterocycles. The lowest BCUT2D eigenvalue weighted by Gasteiger charge is -2.41. The molecule has 0 aliphatic carbocycles. The van der Waals surface area contributed by atoms with Gasteiger partial charge >= 0.3 is 6.18 Å². The number of benzene rings is 2. The molecule has 8 heteroatoms. The lowest BCUT2D eigenvalue weighted by molar-refractivity contribution is -0.137. The van der Waals surface area contributed by atoms with Crippen LogP contribution >= 0.6 is 0 Å². The van der Waals surface area contributed by atoms with Gasteiger partial charge < -0.3 is 4.90 Å². The van der Waals surface area contributed by atoms with Gasteiger partial charge in [-0.25, -0.2) is 4.39 Å². The first-order valence-corrected chi connectivity index (χ1v) is 9.67. The van der Waals surface area contributed by atoms with Crippen LogP contribution in [0, 0.1) is 5.82 Å². The summed E-state index contributed by atoms with van der Waals surface area (Å²) < 4.78 is 53.3. The molecule has 0 amide bonds. The first kappa shape index (κ1) is 19.4. The Labute approximate surface area is 175 Å². The number of fused-ring (bicyclic) bond motifs is 1. The molecule has 0 radical (unpaired) electrons. The highest BCUT2D eigenvalue weighted by Gasteiger charge is 2.34. The van der Waals surface area contributed by atoms with Crippen molar-refractivity contribution in [3.8, 4) is 11.3 Å². The van der Waals surface area contributed by atoms with Crippen LogP contribution in [0.4, 0.5) is 23.2 Å². The van der Waals surface area contributed by atoms with Crippen molar-refractivity contribution in [3.63, 3.8) is 0 Å². The Balaban J connectivity index is 1.43. The van der Waals surface area contributed by atoms with E-state index in [1.54, 1.807) is 6.20 Å². The summed E-state index contributed by atoms with van der Waals surface area (Å²) in [6, 6.07) is 12.3. The molecule has 0 N–H and O–H groups in total. The molecule has 1 aliphatic rings. The second-order valence-electron chi connectivity index (χ2n) is 7.50. The molecule has 1 fully saturated rings. The van der Waals surface area contributed by atoms with E-state index in [9.17, 15) is 17.6 Å². The molecule has 2 aromatic carbocycles. The minimum atomic E-state index is -4.64. The molecule has 0 unspecified atom stereocenters. The number of halogens is 4. The largest absolute Gasteiger partial charge is 0.416 e. The average molecular weight is 424 g/mol. The van der Waals surface area contributed by atoms with E-state index < -0.39 is 17.6 Å². The summed E-state index contributed by atoms with van der Waals surface area (Å²) in [4.78, 5) is 15.2. The SMILES string of the molecule is Fc1cc(-c2nccnc2C2CN(c3cnc4ccccc4c3)C2)cc(C(F)(F)F)c1. The Morgan fingerprint density at radius 2 is 1.68 bits per heavy atom. The van der Waals surface area contributed by atoms with Gasteiger partial charge in [-0.3, -0.25) is 15.0 Å². The third kappa shape index (κ3) is 3.69. The normalized spacial score (nSPS) is 14.6. The van der Waals surface area contributed by atoms with E-state index >= 15 is 0 Å². The summed E-state index contributed by atoms with van der Waals surface area (Å²) >= 11 is 0. The average Bonchev–Trinajstić information content (AvgIpc) is 2.72. The van der Waals surface area contributed by atoms with Crippen LogP contribution in [0.1, 0.15) is 17.2 Å². The minimum absolute atomic E-state index is 0.0345. The molecule has 31 heavy (non-hydrogen) atoms. The highest BCUT2D eigenvalue weighted by atomic mass is 19.4. The lowest BCUT2D eigenvalue weighted by atomic mass is 9.91. The monoisotopic (exact) mass is 424 g/mol. The van der Waals surface area contributed by atoms with E-state index in [1.807, 2.05) is 24.3 Å². The van der Waals surface area contributed by atoms with E-state index in [1.165, 1.54) is 12.4 Å². The Bertz CT molecular complexity index is 1270. The summed E-state index contributed by atoms with van der Waals surface area (Å²) in [7, 11) is 0. The zero-order chi connectivity index (χ0) is 21.6. The van der Waals surface area contributed by atoms with Crippen molar-refractivity contribution in [1.29, 1.82) is 0 Å². The topological polar surface area (TPSA) is 41.9 Å². The Kier molecular flexibility index (Phi) is 4.57. The van der Waals surface area contributed by atoms with Gasteiger partial charge in [-0.1, -0.05) is 18.2 Å². The number of hydrogen-bond acceptors (Lipinski definition) is 4. The number of nitrogens with zero attached hydrogens (tertiary/aromatic N) is 4. The molecular weight excluding hydrogens is 408 g/mol. The molecule has 1 saturated heterocycles. The minimum Gasteiger partial charge on any atom is -0.369 e. The van der Waals surface area contributed by atoms with Gasteiger partial charge in [0.15, 0.2) is 0 Å². The van der Waals surface area contributed by atoms with Crippen LogP contribution in [0.15, 0.2) is 67.1 Å². The first-order chi connectivity index (χ1) is 14.9. The van der Waals surface area contributed by atoms with Gasteiger partial charge in [0.05, 0.1) is 34.4 Å². The van der Waals surface area contributed by atoms with Crippen LogP contribution in [-0.2, 0) is 6.18 Å². The quantitative estimate of drug-likeness (QED) is 0.410. The Hall–Kier alpha value is -3.55. The summed E-state index contributed by atoms with van der Waals surface area (Å²) in [6.45, 7) is 1.24. The maximum atomic E-state index is 13.9. The number of pyridine rings is 1. The molecule has 0 bridgehead atoms. The highest BCUT2D eigenvalue weighted by Crippen LogP contribution is 2.37. The summed E-state index contributed by atoms with van der Waals surface area (Å²) in [5, 5.41) is 1.03. The van der Waals surface area contributed by atoms with Gasteiger partial charge in [-0.15, -0.1) is 0 Å². The summed E-state index contributed by atoms with van der Waals surface area (Å²) in [6.07, 6.45) is 0.0671. The number of alkyl halides is 3. The molecule has 4 nitrogen and oxygen atoms in total. The standard InChI is InChI=1S/C23H16F4N4/c24-18-8-15(7-17(10-18)23(25,26)27)21-22(29-6-5-28-21)16-12-31(13-16)19-9-14-3-1-2-4-20(14)30-11-19/h1-11,16H,12-13H2. The van der Waals surface area contributed by atoms with Crippen molar-refractivity contribution >= 4 is 16.6 Å². The van der Waals surface area contributed by atoms with Crippen LogP contribution in [0.5, 0.6) is 0 Å². The van der Waals surface area contributed by atoms with Crippen LogP contribution in [0.25, 0.3) is 22.2 Å². The van der Waals surface area contributed by atoms with Gasteiger partial charge in [-0.05, 0) is 30.3 Å². The van der Waals surface area contributed by atoms with Gasteiger partial charge in [0.25, 0.3) is 0 Å². The van der Waals surface area contributed by atoms with Crippen molar-refractivity contribution in [2.24, 2.45) is 0 Å². The maximum absolute atomic E-state index is 13.9. The van der Waals surface area contributed by atoms with Crippen molar-refractivity contribution in [3.05, 3.63) is 84.2 Å². The van der Waals surface area contributed by atoms with E-state index in [0.29, 0.717) is 24.8 Å². The van der Waals surface area contributed by atoms with Crippen molar-refractivity contribution in [2.45, 2.75) is 12.1 Å². The number of para-hydroxylation sites is 1. The van der Waals surface area contributed by atoms with Gasteiger partial charge in [0, 0.05) is 42.4 Å². The molecule has 2 aromatic heterocycles. The zero-order valence-corrected chi connectivity index (χ0v) is 16.1. The molecule has 0 saturated carbocycles. The van der Waals surface area contributed by atoms with E-state index in [2.05, 4.69) is 25.9 Å². The first-order valence-electron chi connectivity index (χ1n) is 9.67.